The van der Waals surface area contributed by atoms with Crippen LogP contribution in [0.4, 0.5) is 4.39 Å². The second kappa shape index (κ2) is 3.80. The molecule has 2 atom stereocenters. The number of carbonyl (C=O) groups excluding carboxylic acids is 1. The lowest BCUT2D eigenvalue weighted by Crippen LogP contribution is -2.47. The van der Waals surface area contributed by atoms with E-state index in [1.165, 1.54) is 0 Å². The van der Waals surface area contributed by atoms with Crippen LogP contribution in [-0.2, 0) is 4.79 Å². The van der Waals surface area contributed by atoms with E-state index in [0.29, 0.717) is 19.5 Å². The van der Waals surface area contributed by atoms with E-state index >= 15 is 0 Å². The molecule has 2 aliphatic heterocycles. The molecule has 5 heteroatoms. The minimum absolute atomic E-state index is 0. The Kier molecular flexibility index (Phi) is 3.14. The van der Waals surface area contributed by atoms with E-state index in [4.69, 9.17) is 0 Å². The predicted molar refractivity (Wildman–Crippen MR) is 49.7 cm³/mol. The minimum atomic E-state index is -0.870. The molecule has 2 aliphatic rings. The van der Waals surface area contributed by atoms with E-state index in [9.17, 15) is 9.18 Å². The van der Waals surface area contributed by atoms with Crippen LogP contribution in [0.1, 0.15) is 12.8 Å². The molecule has 13 heavy (non-hydrogen) atoms. The van der Waals surface area contributed by atoms with Crippen molar-refractivity contribution in [2.75, 3.05) is 19.6 Å². The van der Waals surface area contributed by atoms with Gasteiger partial charge in [-0.25, -0.2) is 4.39 Å². The molecule has 2 saturated heterocycles. The van der Waals surface area contributed by atoms with Crippen molar-refractivity contribution in [3.8, 4) is 0 Å². The topological polar surface area (TPSA) is 41.1 Å². The standard InChI is InChI=1S/C8H13FN2O.ClH/c9-6-4-10-2-1-8(6)3-7(12)11-5-8;/h6,10H,1-5H2,(H,11,12);1H. The first-order valence-corrected chi connectivity index (χ1v) is 4.34. The van der Waals surface area contributed by atoms with E-state index in [1.807, 2.05) is 0 Å². The van der Waals surface area contributed by atoms with E-state index in [1.54, 1.807) is 0 Å². The zero-order valence-electron chi connectivity index (χ0n) is 7.31. The Hall–Kier alpha value is -0.350. The van der Waals surface area contributed by atoms with Crippen LogP contribution in [0.15, 0.2) is 0 Å². The molecule has 76 valence electrons. The van der Waals surface area contributed by atoms with Gasteiger partial charge in [-0.2, -0.15) is 0 Å². The van der Waals surface area contributed by atoms with Gasteiger partial charge in [0.05, 0.1) is 0 Å². The van der Waals surface area contributed by atoms with Crippen molar-refractivity contribution in [3.63, 3.8) is 0 Å². The van der Waals surface area contributed by atoms with Gasteiger partial charge in [0.25, 0.3) is 0 Å². The van der Waals surface area contributed by atoms with E-state index < -0.39 is 6.17 Å². The summed E-state index contributed by atoms with van der Waals surface area (Å²) >= 11 is 0. The van der Waals surface area contributed by atoms with Crippen LogP contribution in [-0.4, -0.2) is 31.7 Å². The lowest BCUT2D eigenvalue weighted by Gasteiger charge is -2.35. The molecular weight excluding hydrogens is 195 g/mol. The molecule has 1 amide bonds. The molecule has 0 radical (unpaired) electrons. The highest BCUT2D eigenvalue weighted by molar-refractivity contribution is 5.85. The summed E-state index contributed by atoms with van der Waals surface area (Å²) in [6.45, 7) is 1.75. The van der Waals surface area contributed by atoms with Gasteiger partial charge in [-0.3, -0.25) is 4.79 Å². The molecule has 0 aliphatic carbocycles. The smallest absolute Gasteiger partial charge is 0.220 e. The third-order valence-corrected chi connectivity index (χ3v) is 2.94. The molecule has 0 aromatic heterocycles. The molecule has 0 aromatic rings. The van der Waals surface area contributed by atoms with Crippen molar-refractivity contribution in [2.24, 2.45) is 5.41 Å². The number of halogens is 2. The van der Waals surface area contributed by atoms with Gasteiger partial charge in [-0.05, 0) is 13.0 Å². The second-order valence-electron chi connectivity index (χ2n) is 3.74. The molecule has 3 nitrogen and oxygen atoms in total. The van der Waals surface area contributed by atoms with Crippen LogP contribution in [0.3, 0.4) is 0 Å². The largest absolute Gasteiger partial charge is 0.355 e. The number of piperidine rings is 1. The molecule has 2 N–H and O–H groups in total. The Morgan fingerprint density at radius 1 is 1.54 bits per heavy atom. The number of rotatable bonds is 0. The predicted octanol–water partition coefficient (Wildman–Crippen LogP) is 0.246. The van der Waals surface area contributed by atoms with E-state index in [0.717, 1.165) is 13.0 Å². The Morgan fingerprint density at radius 2 is 2.31 bits per heavy atom. The SMILES string of the molecule is Cl.O=C1CC2(CCNCC2F)CN1. The van der Waals surface area contributed by atoms with Crippen LogP contribution in [0.2, 0.25) is 0 Å². The molecule has 0 saturated carbocycles. The number of alkyl halides is 1. The average Bonchev–Trinajstić information content (AvgIpc) is 2.41. The van der Waals surface area contributed by atoms with E-state index in [2.05, 4.69) is 10.6 Å². The second-order valence-corrected chi connectivity index (χ2v) is 3.74. The first-order chi connectivity index (χ1) is 5.73. The summed E-state index contributed by atoms with van der Waals surface area (Å²) in [5.41, 5.74) is -0.387. The van der Waals surface area contributed by atoms with Crippen LogP contribution in [0.25, 0.3) is 0 Å². The van der Waals surface area contributed by atoms with Gasteiger partial charge < -0.3 is 10.6 Å². The summed E-state index contributed by atoms with van der Waals surface area (Å²) in [5, 5.41) is 5.69. The fraction of sp³-hybridized carbons (Fsp3) is 0.875. The molecule has 0 aromatic carbocycles. The van der Waals surface area contributed by atoms with Crippen LogP contribution in [0, 0.1) is 5.41 Å². The molecule has 2 heterocycles. The normalized spacial score (nSPS) is 38.5. The zero-order valence-corrected chi connectivity index (χ0v) is 8.12. The summed E-state index contributed by atoms with van der Waals surface area (Å²) < 4.78 is 13.5. The molecular formula is C8H14ClFN2O. The zero-order chi connectivity index (χ0) is 8.60. The summed E-state index contributed by atoms with van der Waals surface area (Å²) in [5.74, 6) is -0.000417. The monoisotopic (exact) mass is 208 g/mol. The third-order valence-electron chi connectivity index (χ3n) is 2.94. The van der Waals surface area contributed by atoms with Gasteiger partial charge in [-0.1, -0.05) is 0 Å². The summed E-state index contributed by atoms with van der Waals surface area (Å²) in [6, 6.07) is 0. The highest BCUT2D eigenvalue weighted by atomic mass is 35.5. The quantitative estimate of drug-likeness (QED) is 0.599. The van der Waals surface area contributed by atoms with Crippen LogP contribution in [0.5, 0.6) is 0 Å². The maximum atomic E-state index is 13.5. The van der Waals surface area contributed by atoms with Gasteiger partial charge in [0.1, 0.15) is 6.17 Å². The van der Waals surface area contributed by atoms with Gasteiger partial charge in [0.2, 0.25) is 5.91 Å². The average molecular weight is 209 g/mol. The van der Waals surface area contributed by atoms with Crippen molar-refractivity contribution >= 4 is 18.3 Å². The highest BCUT2D eigenvalue weighted by Gasteiger charge is 2.46. The number of nitrogens with one attached hydrogen (secondary N) is 2. The maximum Gasteiger partial charge on any atom is 0.220 e. The Morgan fingerprint density at radius 3 is 2.85 bits per heavy atom. The first-order valence-electron chi connectivity index (χ1n) is 4.34. The van der Waals surface area contributed by atoms with Crippen LogP contribution < -0.4 is 10.6 Å². The van der Waals surface area contributed by atoms with Gasteiger partial charge in [-0.15, -0.1) is 12.4 Å². The Balaban J connectivity index is 0.000000845. The minimum Gasteiger partial charge on any atom is -0.355 e. The first kappa shape index (κ1) is 10.7. The van der Waals surface area contributed by atoms with Crippen molar-refractivity contribution < 1.29 is 9.18 Å². The third kappa shape index (κ3) is 1.79. The molecule has 2 rings (SSSR count). The van der Waals surface area contributed by atoms with Gasteiger partial charge >= 0.3 is 0 Å². The number of hydrogen-bond acceptors (Lipinski definition) is 2. The van der Waals surface area contributed by atoms with Gasteiger partial charge in [0, 0.05) is 24.9 Å². The summed E-state index contributed by atoms with van der Waals surface area (Å²) in [6.07, 6.45) is 0.271. The molecule has 0 bridgehead atoms. The Bertz CT molecular complexity index is 214. The molecule has 1 spiro atoms. The fourth-order valence-electron chi connectivity index (χ4n) is 2.06. The van der Waals surface area contributed by atoms with Crippen molar-refractivity contribution in [2.45, 2.75) is 19.0 Å². The fourth-order valence-corrected chi connectivity index (χ4v) is 2.06. The van der Waals surface area contributed by atoms with Crippen LogP contribution >= 0.6 is 12.4 Å². The summed E-state index contributed by atoms with van der Waals surface area (Å²) in [4.78, 5) is 11.0. The number of hydrogen-bond donors (Lipinski definition) is 2. The van der Waals surface area contributed by atoms with Gasteiger partial charge in [0.15, 0.2) is 0 Å². The number of amides is 1. The van der Waals surface area contributed by atoms with E-state index in [-0.39, 0.29) is 23.7 Å². The lowest BCUT2D eigenvalue weighted by molar-refractivity contribution is -0.120. The maximum absolute atomic E-state index is 13.5. The Labute approximate surface area is 82.9 Å². The highest BCUT2D eigenvalue weighted by Crippen LogP contribution is 2.37. The van der Waals surface area contributed by atoms with Crippen molar-refractivity contribution in [1.29, 1.82) is 0 Å². The van der Waals surface area contributed by atoms with Crippen molar-refractivity contribution in [1.82, 2.24) is 10.6 Å². The molecule has 2 fully saturated rings. The lowest BCUT2D eigenvalue weighted by atomic mass is 9.77. The molecule has 2 unspecified atom stereocenters. The number of carbonyl (C=O) groups is 1. The summed E-state index contributed by atoms with van der Waals surface area (Å²) in [7, 11) is 0. The van der Waals surface area contributed by atoms with Crippen molar-refractivity contribution in [3.05, 3.63) is 0 Å².